The zero-order chi connectivity index (χ0) is 23.8. The molecule has 2 aromatic heterocycles. The molecule has 33 heavy (non-hydrogen) atoms. The molecule has 0 amide bonds. The van der Waals surface area contributed by atoms with Crippen molar-refractivity contribution in [3.8, 4) is 5.69 Å². The van der Waals surface area contributed by atoms with Crippen molar-refractivity contribution in [2.75, 3.05) is 6.54 Å². The lowest BCUT2D eigenvalue weighted by atomic mass is 9.96. The van der Waals surface area contributed by atoms with Gasteiger partial charge in [-0.15, -0.1) is 0 Å². The van der Waals surface area contributed by atoms with Crippen LogP contribution in [0, 0.1) is 13.8 Å². The Bertz CT molecular complexity index is 1140. The summed E-state index contributed by atoms with van der Waals surface area (Å²) in [7, 11) is 0. The molecule has 174 valence electrons. The third-order valence-corrected chi connectivity index (χ3v) is 6.54. The molecule has 2 unspecified atom stereocenters. The van der Waals surface area contributed by atoms with Gasteiger partial charge in [-0.05, 0) is 68.4 Å². The largest absolute Gasteiger partial charge is 0.418 e. The predicted molar refractivity (Wildman–Crippen MR) is 127 cm³/mol. The lowest BCUT2D eigenvalue weighted by Crippen LogP contribution is -2.30. The summed E-state index contributed by atoms with van der Waals surface area (Å²) in [6.07, 6.45) is -0.726. The Labute approximate surface area is 197 Å². The molecule has 0 aliphatic carbocycles. The number of halogens is 3. The van der Waals surface area contributed by atoms with Gasteiger partial charge in [0.05, 0.1) is 29.0 Å². The van der Waals surface area contributed by atoms with Gasteiger partial charge in [0.25, 0.3) is 0 Å². The fourth-order valence-electron chi connectivity index (χ4n) is 4.68. The number of para-hydroxylation sites is 1. The van der Waals surface area contributed by atoms with Crippen LogP contribution >= 0.6 is 12.2 Å². The number of rotatable bonds is 6. The maximum Gasteiger partial charge on any atom is 0.418 e. The predicted octanol–water partition coefficient (Wildman–Crippen LogP) is 6.28. The molecule has 1 aromatic carbocycles. The van der Waals surface area contributed by atoms with E-state index in [1.54, 1.807) is 16.8 Å². The Morgan fingerprint density at radius 1 is 1.09 bits per heavy atom. The molecule has 0 spiro atoms. The molecule has 1 fully saturated rings. The van der Waals surface area contributed by atoms with Gasteiger partial charge in [-0.3, -0.25) is 4.98 Å². The van der Waals surface area contributed by atoms with Gasteiger partial charge in [-0.25, -0.2) is 0 Å². The Balaban J connectivity index is 1.86. The first-order valence-electron chi connectivity index (χ1n) is 11.1. The number of hydrogen-bond acceptors (Lipinski definition) is 2. The van der Waals surface area contributed by atoms with Gasteiger partial charge in [-0.1, -0.05) is 31.5 Å². The summed E-state index contributed by atoms with van der Waals surface area (Å²) in [5.41, 5.74) is 2.79. The first-order valence-corrected chi connectivity index (χ1v) is 11.5. The fourth-order valence-corrected chi connectivity index (χ4v) is 5.01. The number of benzene rings is 1. The van der Waals surface area contributed by atoms with Crippen LogP contribution in [0.25, 0.3) is 5.69 Å². The van der Waals surface area contributed by atoms with Crippen LogP contribution < -0.4 is 5.32 Å². The number of unbranched alkanes of at least 4 members (excludes halogenated alkanes) is 1. The average molecular weight is 473 g/mol. The Hall–Kier alpha value is -2.87. The third-order valence-electron chi connectivity index (χ3n) is 6.19. The van der Waals surface area contributed by atoms with E-state index in [4.69, 9.17) is 12.2 Å². The summed E-state index contributed by atoms with van der Waals surface area (Å²) >= 11 is 5.69. The van der Waals surface area contributed by atoms with Gasteiger partial charge in [-0.2, -0.15) is 13.2 Å². The summed E-state index contributed by atoms with van der Waals surface area (Å²) in [5, 5.41) is 4.06. The van der Waals surface area contributed by atoms with Gasteiger partial charge >= 0.3 is 6.18 Å². The van der Waals surface area contributed by atoms with E-state index in [9.17, 15) is 13.2 Å². The van der Waals surface area contributed by atoms with Crippen molar-refractivity contribution in [1.82, 2.24) is 19.8 Å². The molecule has 3 aromatic rings. The summed E-state index contributed by atoms with van der Waals surface area (Å²) in [6, 6.07) is 13.1. The number of pyridine rings is 1. The molecule has 0 bridgehead atoms. The minimum atomic E-state index is -4.44. The van der Waals surface area contributed by atoms with E-state index in [1.807, 2.05) is 38.1 Å². The third kappa shape index (κ3) is 4.36. The zero-order valence-electron chi connectivity index (χ0n) is 18.9. The number of nitrogens with one attached hydrogen (secondary N) is 1. The summed E-state index contributed by atoms with van der Waals surface area (Å²) in [6.45, 7) is 6.61. The first-order chi connectivity index (χ1) is 15.7. The Morgan fingerprint density at radius 3 is 2.48 bits per heavy atom. The summed E-state index contributed by atoms with van der Waals surface area (Å²) in [4.78, 5) is 6.70. The highest BCUT2D eigenvalue weighted by atomic mass is 32.1. The highest BCUT2D eigenvalue weighted by molar-refractivity contribution is 7.80. The monoisotopic (exact) mass is 472 g/mol. The van der Waals surface area contributed by atoms with E-state index in [0.717, 1.165) is 48.1 Å². The number of thiocarbonyl (C=S) groups is 1. The Kier molecular flexibility index (Phi) is 6.47. The van der Waals surface area contributed by atoms with Crippen molar-refractivity contribution in [1.29, 1.82) is 0 Å². The van der Waals surface area contributed by atoms with Gasteiger partial charge in [0.1, 0.15) is 0 Å². The lowest BCUT2D eigenvalue weighted by Gasteiger charge is -2.28. The second kappa shape index (κ2) is 9.17. The van der Waals surface area contributed by atoms with E-state index in [-0.39, 0.29) is 17.8 Å². The first kappa shape index (κ1) is 23.3. The normalized spacial score (nSPS) is 18.6. The van der Waals surface area contributed by atoms with Crippen molar-refractivity contribution in [2.45, 2.75) is 51.9 Å². The maximum absolute atomic E-state index is 13.8. The number of hydrogen-bond donors (Lipinski definition) is 1. The van der Waals surface area contributed by atoms with Gasteiger partial charge < -0.3 is 14.8 Å². The zero-order valence-corrected chi connectivity index (χ0v) is 19.7. The molecule has 4 rings (SSSR count). The minimum Gasteiger partial charge on any atom is -0.352 e. The van der Waals surface area contributed by atoms with E-state index in [0.29, 0.717) is 5.11 Å². The number of aryl methyl sites for hydroxylation is 1. The van der Waals surface area contributed by atoms with Crippen molar-refractivity contribution >= 4 is 17.3 Å². The standard InChI is InChI=1S/C25H27F3N4S/c1-4-5-14-31-23(22(30-24(31)33)20-11-8-9-13-29-20)18-15-16(2)32(17(18)3)21-12-7-6-10-19(21)25(26,27)28/h6-13,15,22-23H,4-5,14H2,1-3H3,(H,30,33). The molecule has 0 saturated carbocycles. The van der Waals surface area contributed by atoms with Crippen molar-refractivity contribution in [2.24, 2.45) is 0 Å². The van der Waals surface area contributed by atoms with E-state index >= 15 is 0 Å². The van der Waals surface area contributed by atoms with Crippen molar-refractivity contribution in [3.05, 3.63) is 82.9 Å². The number of alkyl halides is 3. The maximum atomic E-state index is 13.8. The molecule has 0 radical (unpaired) electrons. The van der Waals surface area contributed by atoms with Crippen LogP contribution in [0.2, 0.25) is 0 Å². The number of nitrogens with zero attached hydrogens (tertiary/aromatic N) is 3. The van der Waals surface area contributed by atoms with E-state index in [2.05, 4.69) is 22.1 Å². The summed E-state index contributed by atoms with van der Waals surface area (Å²) < 4.78 is 43.1. The van der Waals surface area contributed by atoms with Crippen LogP contribution in [-0.2, 0) is 6.18 Å². The minimum absolute atomic E-state index is 0.134. The van der Waals surface area contributed by atoms with Gasteiger partial charge in [0.2, 0.25) is 0 Å². The average Bonchev–Trinajstić information content (AvgIpc) is 3.27. The SMILES string of the molecule is CCCCN1C(=S)NC(c2ccccn2)C1c1cc(C)n(-c2ccccc2C(F)(F)F)c1C. The molecule has 1 saturated heterocycles. The highest BCUT2D eigenvalue weighted by Crippen LogP contribution is 2.42. The Morgan fingerprint density at radius 2 is 1.82 bits per heavy atom. The van der Waals surface area contributed by atoms with Crippen LogP contribution in [0.15, 0.2) is 54.7 Å². The molecule has 1 N–H and O–H groups in total. The van der Waals surface area contributed by atoms with Crippen LogP contribution in [-0.4, -0.2) is 26.1 Å². The second-order valence-electron chi connectivity index (χ2n) is 8.35. The van der Waals surface area contributed by atoms with Gasteiger partial charge in [0, 0.05) is 24.1 Å². The van der Waals surface area contributed by atoms with Crippen LogP contribution in [0.1, 0.15) is 60.1 Å². The van der Waals surface area contributed by atoms with Crippen LogP contribution in [0.4, 0.5) is 13.2 Å². The molecule has 8 heteroatoms. The second-order valence-corrected chi connectivity index (χ2v) is 8.74. The highest BCUT2D eigenvalue weighted by Gasteiger charge is 2.41. The molecule has 3 heterocycles. The molecule has 1 aliphatic heterocycles. The number of aromatic nitrogens is 2. The summed E-state index contributed by atoms with van der Waals surface area (Å²) in [5.74, 6) is 0. The molecule has 4 nitrogen and oxygen atoms in total. The quantitative estimate of drug-likeness (QED) is 0.428. The van der Waals surface area contributed by atoms with Crippen LogP contribution in [0.3, 0.4) is 0 Å². The lowest BCUT2D eigenvalue weighted by molar-refractivity contribution is -0.137. The molecule has 1 aliphatic rings. The van der Waals surface area contributed by atoms with E-state index < -0.39 is 11.7 Å². The topological polar surface area (TPSA) is 33.1 Å². The van der Waals surface area contributed by atoms with Crippen LogP contribution in [0.5, 0.6) is 0 Å². The molecule has 2 atom stereocenters. The van der Waals surface area contributed by atoms with Crippen molar-refractivity contribution in [3.63, 3.8) is 0 Å². The van der Waals surface area contributed by atoms with E-state index in [1.165, 1.54) is 12.1 Å². The molecular formula is C25H27F3N4S. The smallest absolute Gasteiger partial charge is 0.352 e. The van der Waals surface area contributed by atoms with Gasteiger partial charge in [0.15, 0.2) is 5.11 Å². The van der Waals surface area contributed by atoms with Crippen molar-refractivity contribution < 1.29 is 13.2 Å². The fraction of sp³-hybridized carbons (Fsp3) is 0.360. The molecular weight excluding hydrogens is 445 g/mol.